The molecule has 0 amide bonds. The van der Waals surface area contributed by atoms with E-state index in [1.165, 1.54) is 0 Å². The van der Waals surface area contributed by atoms with Gasteiger partial charge in [0.1, 0.15) is 5.75 Å². The molecule has 0 atom stereocenters. The predicted octanol–water partition coefficient (Wildman–Crippen LogP) is 4.32. The molecule has 0 aliphatic carbocycles. The Morgan fingerprint density at radius 2 is 1.80 bits per heavy atom. The number of ether oxygens (including phenoxy) is 2. The fraction of sp³-hybridized carbons (Fsp3) is 0.238. The SMILES string of the molecule is CCOC(=O)c1c(C)nc2ccccc2c1Cc1ccc(OC)cc1. The Kier molecular flexibility index (Phi) is 4.98. The van der Waals surface area contributed by atoms with Crippen LogP contribution in [0.3, 0.4) is 0 Å². The monoisotopic (exact) mass is 335 g/mol. The van der Waals surface area contributed by atoms with Gasteiger partial charge in [0.25, 0.3) is 0 Å². The molecule has 0 saturated heterocycles. The lowest BCUT2D eigenvalue weighted by molar-refractivity contribution is 0.0524. The van der Waals surface area contributed by atoms with Crippen LogP contribution in [0.15, 0.2) is 48.5 Å². The molecule has 0 aliphatic rings. The summed E-state index contributed by atoms with van der Waals surface area (Å²) in [7, 11) is 1.65. The van der Waals surface area contributed by atoms with Crippen LogP contribution >= 0.6 is 0 Å². The molecule has 25 heavy (non-hydrogen) atoms. The highest BCUT2D eigenvalue weighted by molar-refractivity contribution is 5.98. The van der Waals surface area contributed by atoms with Crippen molar-refractivity contribution in [3.63, 3.8) is 0 Å². The van der Waals surface area contributed by atoms with Crippen molar-refractivity contribution in [2.75, 3.05) is 13.7 Å². The number of carbonyl (C=O) groups is 1. The van der Waals surface area contributed by atoms with Crippen molar-refractivity contribution in [2.24, 2.45) is 0 Å². The first-order valence-electron chi connectivity index (χ1n) is 8.32. The normalized spacial score (nSPS) is 10.7. The average Bonchev–Trinajstić information content (AvgIpc) is 2.62. The summed E-state index contributed by atoms with van der Waals surface area (Å²) < 4.78 is 10.5. The van der Waals surface area contributed by atoms with E-state index in [1.54, 1.807) is 7.11 Å². The van der Waals surface area contributed by atoms with E-state index in [4.69, 9.17) is 9.47 Å². The number of aromatic nitrogens is 1. The number of pyridine rings is 1. The van der Waals surface area contributed by atoms with E-state index in [-0.39, 0.29) is 5.97 Å². The van der Waals surface area contributed by atoms with Gasteiger partial charge in [-0.3, -0.25) is 4.98 Å². The molecule has 4 nitrogen and oxygen atoms in total. The largest absolute Gasteiger partial charge is 0.497 e. The summed E-state index contributed by atoms with van der Waals surface area (Å²) in [5.74, 6) is 0.492. The maximum Gasteiger partial charge on any atom is 0.340 e. The van der Waals surface area contributed by atoms with E-state index in [2.05, 4.69) is 4.98 Å². The molecular formula is C21H21NO3. The van der Waals surface area contributed by atoms with E-state index < -0.39 is 0 Å². The number of hydrogen-bond donors (Lipinski definition) is 0. The van der Waals surface area contributed by atoms with Crippen LogP contribution in [0.2, 0.25) is 0 Å². The number of para-hydroxylation sites is 1. The molecule has 0 N–H and O–H groups in total. The van der Waals surface area contributed by atoms with Gasteiger partial charge >= 0.3 is 5.97 Å². The Hall–Kier alpha value is -2.88. The number of methoxy groups -OCH3 is 1. The van der Waals surface area contributed by atoms with Crippen molar-refractivity contribution in [1.29, 1.82) is 0 Å². The Bertz CT molecular complexity index is 901. The lowest BCUT2D eigenvalue weighted by Gasteiger charge is -2.15. The number of esters is 1. The van der Waals surface area contributed by atoms with Gasteiger partial charge in [-0.2, -0.15) is 0 Å². The van der Waals surface area contributed by atoms with Gasteiger partial charge in [-0.15, -0.1) is 0 Å². The molecule has 0 unspecified atom stereocenters. The summed E-state index contributed by atoms with van der Waals surface area (Å²) in [4.78, 5) is 17.1. The van der Waals surface area contributed by atoms with Crippen LogP contribution in [0.5, 0.6) is 5.75 Å². The summed E-state index contributed by atoms with van der Waals surface area (Å²) in [5.41, 5.74) is 4.20. The standard InChI is InChI=1S/C21H21NO3/c1-4-25-21(23)20-14(2)22-19-8-6-5-7-17(19)18(20)13-15-9-11-16(24-3)12-10-15/h5-12H,4,13H2,1-3H3. The molecule has 3 aromatic rings. The van der Waals surface area contributed by atoms with E-state index in [0.29, 0.717) is 24.3 Å². The van der Waals surface area contributed by atoms with Crippen LogP contribution in [0.4, 0.5) is 0 Å². The molecule has 0 spiro atoms. The second-order valence-electron chi connectivity index (χ2n) is 5.81. The van der Waals surface area contributed by atoms with Crippen molar-refractivity contribution >= 4 is 16.9 Å². The van der Waals surface area contributed by atoms with E-state index >= 15 is 0 Å². The van der Waals surface area contributed by atoms with Crippen molar-refractivity contribution in [1.82, 2.24) is 4.98 Å². The van der Waals surface area contributed by atoms with E-state index in [1.807, 2.05) is 62.4 Å². The number of aryl methyl sites for hydroxylation is 1. The number of fused-ring (bicyclic) bond motifs is 1. The van der Waals surface area contributed by atoms with Crippen molar-refractivity contribution in [3.8, 4) is 5.75 Å². The topological polar surface area (TPSA) is 48.4 Å². The zero-order chi connectivity index (χ0) is 17.8. The van der Waals surface area contributed by atoms with Gasteiger partial charge in [0.05, 0.1) is 30.5 Å². The molecule has 128 valence electrons. The minimum absolute atomic E-state index is 0.318. The molecule has 0 bridgehead atoms. The fourth-order valence-electron chi connectivity index (χ4n) is 3.02. The number of rotatable bonds is 5. The van der Waals surface area contributed by atoms with Crippen LogP contribution < -0.4 is 4.74 Å². The van der Waals surface area contributed by atoms with Gasteiger partial charge < -0.3 is 9.47 Å². The molecule has 2 aromatic carbocycles. The van der Waals surface area contributed by atoms with E-state index in [0.717, 1.165) is 27.8 Å². The summed E-state index contributed by atoms with van der Waals surface area (Å²) in [5, 5.41) is 0.979. The van der Waals surface area contributed by atoms with Gasteiger partial charge in [0.15, 0.2) is 0 Å². The molecule has 0 saturated carbocycles. The highest BCUT2D eigenvalue weighted by atomic mass is 16.5. The molecule has 0 aliphatic heterocycles. The summed E-state index contributed by atoms with van der Waals surface area (Å²) >= 11 is 0. The zero-order valence-electron chi connectivity index (χ0n) is 14.7. The Morgan fingerprint density at radius 1 is 1.08 bits per heavy atom. The maximum absolute atomic E-state index is 12.5. The van der Waals surface area contributed by atoms with Crippen molar-refractivity contribution in [3.05, 3.63) is 70.9 Å². The molecule has 1 heterocycles. The van der Waals surface area contributed by atoms with Crippen LogP contribution in [0.25, 0.3) is 10.9 Å². The van der Waals surface area contributed by atoms with Crippen molar-refractivity contribution < 1.29 is 14.3 Å². The van der Waals surface area contributed by atoms with Gasteiger partial charge in [-0.25, -0.2) is 4.79 Å². The Labute approximate surface area is 147 Å². The number of hydrogen-bond acceptors (Lipinski definition) is 4. The lowest BCUT2D eigenvalue weighted by atomic mass is 9.94. The third-order valence-electron chi connectivity index (χ3n) is 4.20. The first kappa shape index (κ1) is 17.0. The van der Waals surface area contributed by atoms with Gasteiger partial charge in [-0.05, 0) is 49.6 Å². The molecule has 1 aromatic heterocycles. The number of nitrogens with zero attached hydrogens (tertiary/aromatic N) is 1. The van der Waals surface area contributed by atoms with Crippen LogP contribution in [-0.2, 0) is 11.2 Å². The van der Waals surface area contributed by atoms with Crippen LogP contribution in [0.1, 0.15) is 34.1 Å². The van der Waals surface area contributed by atoms with Gasteiger partial charge in [-0.1, -0.05) is 30.3 Å². The van der Waals surface area contributed by atoms with Crippen LogP contribution in [0, 0.1) is 6.92 Å². The second-order valence-corrected chi connectivity index (χ2v) is 5.81. The Morgan fingerprint density at radius 3 is 2.48 bits per heavy atom. The molecule has 0 radical (unpaired) electrons. The maximum atomic E-state index is 12.5. The van der Waals surface area contributed by atoms with E-state index in [9.17, 15) is 4.79 Å². The molecule has 0 fully saturated rings. The smallest absolute Gasteiger partial charge is 0.340 e. The first-order valence-corrected chi connectivity index (χ1v) is 8.32. The average molecular weight is 335 g/mol. The third kappa shape index (κ3) is 3.48. The fourth-order valence-corrected chi connectivity index (χ4v) is 3.02. The highest BCUT2D eigenvalue weighted by Crippen LogP contribution is 2.27. The summed E-state index contributed by atoms with van der Waals surface area (Å²) in [6, 6.07) is 15.8. The van der Waals surface area contributed by atoms with Gasteiger partial charge in [0, 0.05) is 5.39 Å². The Balaban J connectivity index is 2.14. The number of benzene rings is 2. The predicted molar refractivity (Wildman–Crippen MR) is 98.2 cm³/mol. The highest BCUT2D eigenvalue weighted by Gasteiger charge is 2.20. The summed E-state index contributed by atoms with van der Waals surface area (Å²) in [6.45, 7) is 4.01. The third-order valence-corrected chi connectivity index (χ3v) is 4.20. The molecule has 4 heteroatoms. The zero-order valence-corrected chi connectivity index (χ0v) is 14.7. The minimum Gasteiger partial charge on any atom is -0.497 e. The van der Waals surface area contributed by atoms with Gasteiger partial charge in [0.2, 0.25) is 0 Å². The first-order chi connectivity index (χ1) is 12.1. The minimum atomic E-state index is -0.318. The lowest BCUT2D eigenvalue weighted by Crippen LogP contribution is -2.12. The molecule has 3 rings (SSSR count). The van der Waals surface area contributed by atoms with Crippen molar-refractivity contribution in [2.45, 2.75) is 20.3 Å². The summed E-state index contributed by atoms with van der Waals surface area (Å²) in [6.07, 6.45) is 0.627. The molecular weight excluding hydrogens is 314 g/mol. The second kappa shape index (κ2) is 7.34. The van der Waals surface area contributed by atoms with Crippen LogP contribution in [-0.4, -0.2) is 24.7 Å². The number of carbonyl (C=O) groups excluding carboxylic acids is 1. The quantitative estimate of drug-likeness (QED) is 0.652.